The predicted octanol–water partition coefficient (Wildman–Crippen LogP) is 4.93. The number of ether oxygens (including phenoxy) is 1. The Kier molecular flexibility index (Phi) is 4.97. The number of ketones is 1. The molecular weight excluding hydrogens is 350 g/mol. The van der Waals surface area contributed by atoms with Gasteiger partial charge in [-0.25, -0.2) is 9.67 Å². The maximum Gasteiger partial charge on any atom is 0.184 e. The van der Waals surface area contributed by atoms with E-state index in [9.17, 15) is 4.79 Å². The summed E-state index contributed by atoms with van der Waals surface area (Å²) in [5.74, 6) is 2.73. The van der Waals surface area contributed by atoms with E-state index in [0.717, 1.165) is 11.3 Å². The van der Waals surface area contributed by atoms with Gasteiger partial charge in [0.25, 0.3) is 0 Å². The number of aryl methyl sites for hydroxylation is 1. The molecule has 0 fully saturated rings. The molecule has 0 bridgehead atoms. The van der Waals surface area contributed by atoms with Gasteiger partial charge in [0.05, 0.1) is 0 Å². The van der Waals surface area contributed by atoms with Crippen LogP contribution in [0.25, 0.3) is 11.4 Å². The Balaban J connectivity index is 1.50. The number of para-hydroxylation sites is 1. The number of benzene rings is 3. The third kappa shape index (κ3) is 3.99. The zero-order valence-electron chi connectivity index (χ0n) is 15.4. The fraction of sp³-hybridized carbons (Fsp3) is 0.0870. The predicted molar refractivity (Wildman–Crippen MR) is 107 cm³/mol. The number of nitrogens with zero attached hydrogens (tertiary/aromatic N) is 3. The lowest BCUT2D eigenvalue weighted by Crippen LogP contribution is -2.13. The van der Waals surface area contributed by atoms with Gasteiger partial charge in [0.1, 0.15) is 23.9 Å². The van der Waals surface area contributed by atoms with Crippen molar-refractivity contribution in [2.45, 2.75) is 13.5 Å². The van der Waals surface area contributed by atoms with Crippen LogP contribution in [-0.4, -0.2) is 20.5 Å². The SMILES string of the molecule is Cc1nc(-c2ccccc2)n(CC(=O)c2ccc(Oc3ccccc3)cc2)n1. The van der Waals surface area contributed by atoms with Crippen molar-refractivity contribution in [3.63, 3.8) is 0 Å². The molecule has 0 saturated heterocycles. The van der Waals surface area contributed by atoms with Gasteiger partial charge in [0.2, 0.25) is 0 Å². The average molecular weight is 369 g/mol. The van der Waals surface area contributed by atoms with Gasteiger partial charge >= 0.3 is 0 Å². The van der Waals surface area contributed by atoms with Gasteiger partial charge in [-0.2, -0.15) is 5.10 Å². The number of Topliss-reactive ketones (excluding diaryl/α,β-unsaturated/α-hetero) is 1. The molecular formula is C23H19N3O2. The van der Waals surface area contributed by atoms with Crippen molar-refractivity contribution in [2.24, 2.45) is 0 Å². The quantitative estimate of drug-likeness (QED) is 0.452. The molecule has 0 aliphatic carbocycles. The Morgan fingerprint density at radius 1 is 0.857 bits per heavy atom. The summed E-state index contributed by atoms with van der Waals surface area (Å²) in [4.78, 5) is 17.2. The topological polar surface area (TPSA) is 57.0 Å². The van der Waals surface area contributed by atoms with Gasteiger partial charge < -0.3 is 4.74 Å². The lowest BCUT2D eigenvalue weighted by Gasteiger charge is -2.08. The highest BCUT2D eigenvalue weighted by Crippen LogP contribution is 2.22. The largest absolute Gasteiger partial charge is 0.457 e. The summed E-state index contributed by atoms with van der Waals surface area (Å²) in [6.45, 7) is 1.95. The molecule has 28 heavy (non-hydrogen) atoms. The molecule has 1 heterocycles. The molecule has 0 aliphatic rings. The highest BCUT2D eigenvalue weighted by atomic mass is 16.5. The molecule has 0 spiro atoms. The van der Waals surface area contributed by atoms with Gasteiger partial charge in [-0.3, -0.25) is 4.79 Å². The molecule has 4 rings (SSSR count). The molecule has 1 aromatic heterocycles. The van der Waals surface area contributed by atoms with Crippen molar-refractivity contribution in [1.82, 2.24) is 14.8 Å². The van der Waals surface area contributed by atoms with Crippen LogP contribution in [-0.2, 0) is 6.54 Å². The van der Waals surface area contributed by atoms with Crippen LogP contribution in [0.2, 0.25) is 0 Å². The van der Waals surface area contributed by atoms with E-state index < -0.39 is 0 Å². The monoisotopic (exact) mass is 369 g/mol. The highest BCUT2D eigenvalue weighted by Gasteiger charge is 2.14. The summed E-state index contributed by atoms with van der Waals surface area (Å²) in [6.07, 6.45) is 0. The number of aromatic nitrogens is 3. The van der Waals surface area contributed by atoms with Crippen LogP contribution in [0.4, 0.5) is 0 Å². The van der Waals surface area contributed by atoms with E-state index in [2.05, 4.69) is 10.1 Å². The molecule has 138 valence electrons. The first-order valence-corrected chi connectivity index (χ1v) is 9.02. The fourth-order valence-corrected chi connectivity index (χ4v) is 2.93. The third-order valence-corrected chi connectivity index (χ3v) is 4.26. The molecule has 4 aromatic rings. The number of hydrogen-bond donors (Lipinski definition) is 0. The Labute approximate surface area is 163 Å². The molecule has 0 amide bonds. The second-order valence-corrected chi connectivity index (χ2v) is 6.37. The number of carbonyl (C=O) groups excluding carboxylic acids is 1. The zero-order valence-corrected chi connectivity index (χ0v) is 15.4. The second-order valence-electron chi connectivity index (χ2n) is 6.37. The Bertz CT molecular complexity index is 1070. The fourth-order valence-electron chi connectivity index (χ4n) is 2.93. The van der Waals surface area contributed by atoms with Crippen LogP contribution in [0.15, 0.2) is 84.9 Å². The van der Waals surface area contributed by atoms with Crippen molar-refractivity contribution in [3.05, 3.63) is 96.3 Å². The Morgan fingerprint density at radius 3 is 2.14 bits per heavy atom. The van der Waals surface area contributed by atoms with Crippen molar-refractivity contribution in [1.29, 1.82) is 0 Å². The summed E-state index contributed by atoms with van der Waals surface area (Å²) in [7, 11) is 0. The van der Waals surface area contributed by atoms with Crippen LogP contribution in [0.3, 0.4) is 0 Å². The summed E-state index contributed by atoms with van der Waals surface area (Å²) in [5, 5.41) is 4.39. The van der Waals surface area contributed by atoms with E-state index >= 15 is 0 Å². The maximum atomic E-state index is 12.7. The number of rotatable bonds is 6. The minimum absolute atomic E-state index is 0.0339. The van der Waals surface area contributed by atoms with Crippen molar-refractivity contribution in [2.75, 3.05) is 0 Å². The standard InChI is InChI=1S/C23H19N3O2/c1-17-24-23(19-8-4-2-5-9-19)26(25-17)16-22(27)18-12-14-21(15-13-18)28-20-10-6-3-7-11-20/h2-15H,16H2,1H3. The van der Waals surface area contributed by atoms with Crippen LogP contribution in [0.5, 0.6) is 11.5 Å². The first-order valence-electron chi connectivity index (χ1n) is 9.02. The Hall–Kier alpha value is -3.73. The van der Waals surface area contributed by atoms with E-state index in [1.54, 1.807) is 28.9 Å². The lowest BCUT2D eigenvalue weighted by atomic mass is 10.1. The van der Waals surface area contributed by atoms with Crippen molar-refractivity contribution < 1.29 is 9.53 Å². The molecule has 0 radical (unpaired) electrons. The highest BCUT2D eigenvalue weighted by molar-refractivity contribution is 5.96. The van der Waals surface area contributed by atoms with Crippen LogP contribution in [0.1, 0.15) is 16.2 Å². The van der Waals surface area contributed by atoms with Gasteiger partial charge in [0.15, 0.2) is 11.6 Å². The summed E-state index contributed by atoms with van der Waals surface area (Å²) >= 11 is 0. The summed E-state index contributed by atoms with van der Waals surface area (Å²) in [5.41, 5.74) is 1.54. The minimum atomic E-state index is -0.0339. The first kappa shape index (κ1) is 17.7. The van der Waals surface area contributed by atoms with E-state index in [-0.39, 0.29) is 12.3 Å². The molecule has 0 saturated carbocycles. The van der Waals surface area contributed by atoms with Crippen LogP contribution in [0, 0.1) is 6.92 Å². The average Bonchev–Trinajstić information content (AvgIpc) is 3.10. The Morgan fingerprint density at radius 2 is 1.46 bits per heavy atom. The summed E-state index contributed by atoms with van der Waals surface area (Å²) < 4.78 is 7.43. The maximum absolute atomic E-state index is 12.7. The molecule has 5 heteroatoms. The number of hydrogen-bond acceptors (Lipinski definition) is 4. The zero-order chi connectivity index (χ0) is 19.3. The minimum Gasteiger partial charge on any atom is -0.457 e. The van der Waals surface area contributed by atoms with Crippen LogP contribution < -0.4 is 4.74 Å². The molecule has 5 nitrogen and oxygen atoms in total. The molecule has 0 unspecified atom stereocenters. The van der Waals surface area contributed by atoms with E-state index in [1.165, 1.54) is 0 Å². The smallest absolute Gasteiger partial charge is 0.184 e. The molecule has 3 aromatic carbocycles. The third-order valence-electron chi connectivity index (χ3n) is 4.26. The van der Waals surface area contributed by atoms with Crippen LogP contribution >= 0.6 is 0 Å². The van der Waals surface area contributed by atoms with E-state index in [0.29, 0.717) is 23.0 Å². The second kappa shape index (κ2) is 7.88. The van der Waals surface area contributed by atoms with Gasteiger partial charge in [-0.1, -0.05) is 48.5 Å². The van der Waals surface area contributed by atoms with Gasteiger partial charge in [-0.15, -0.1) is 0 Å². The van der Waals surface area contributed by atoms with Gasteiger partial charge in [-0.05, 0) is 43.3 Å². The van der Waals surface area contributed by atoms with Crippen molar-refractivity contribution in [3.8, 4) is 22.9 Å². The molecule has 0 aliphatic heterocycles. The van der Waals surface area contributed by atoms with Crippen molar-refractivity contribution >= 4 is 5.78 Å². The van der Waals surface area contributed by atoms with E-state index in [1.807, 2.05) is 67.6 Å². The normalized spacial score (nSPS) is 10.6. The number of carbonyl (C=O) groups is 1. The lowest BCUT2D eigenvalue weighted by molar-refractivity contribution is 0.0968. The summed E-state index contributed by atoms with van der Waals surface area (Å²) in [6, 6.07) is 26.4. The van der Waals surface area contributed by atoms with Gasteiger partial charge in [0, 0.05) is 11.1 Å². The first-order chi connectivity index (χ1) is 13.7. The molecule has 0 N–H and O–H groups in total. The molecule has 0 atom stereocenters. The van der Waals surface area contributed by atoms with E-state index in [4.69, 9.17) is 4.74 Å².